The summed E-state index contributed by atoms with van der Waals surface area (Å²) in [6.45, 7) is 4.18. The summed E-state index contributed by atoms with van der Waals surface area (Å²) in [5.41, 5.74) is 11.9. The molecule has 0 bridgehead atoms. The van der Waals surface area contributed by atoms with E-state index in [-0.39, 0.29) is 0 Å². The largest absolute Gasteiger partial charge is 0.383 e. The zero-order chi connectivity index (χ0) is 12.7. The molecule has 1 aliphatic carbocycles. The van der Waals surface area contributed by atoms with Gasteiger partial charge in [-0.2, -0.15) is 0 Å². The van der Waals surface area contributed by atoms with Gasteiger partial charge >= 0.3 is 0 Å². The van der Waals surface area contributed by atoms with Gasteiger partial charge in [-0.3, -0.25) is 0 Å². The van der Waals surface area contributed by atoms with Crippen LogP contribution in [0.2, 0.25) is 0 Å². The molecule has 3 rings (SSSR count). The number of anilines is 1. The Morgan fingerprint density at radius 2 is 1.94 bits per heavy atom. The van der Waals surface area contributed by atoms with Gasteiger partial charge in [-0.15, -0.1) is 0 Å². The maximum Gasteiger partial charge on any atom is 0.162 e. The minimum Gasteiger partial charge on any atom is -0.383 e. The second-order valence-electron chi connectivity index (χ2n) is 5.03. The molecule has 2 aromatic rings. The topological polar surface area (TPSA) is 51.8 Å². The number of nitrogens with zero attached hydrogens (tertiary/aromatic N) is 2. The summed E-state index contributed by atoms with van der Waals surface area (Å²) in [6.07, 6.45) is 3.19. The first kappa shape index (κ1) is 11.2. The molecule has 1 heterocycles. The van der Waals surface area contributed by atoms with Gasteiger partial charge in [0.05, 0.1) is 0 Å². The molecule has 0 unspecified atom stereocenters. The Kier molecular flexibility index (Phi) is 2.54. The van der Waals surface area contributed by atoms with Crippen molar-refractivity contribution in [2.45, 2.75) is 33.1 Å². The standard InChI is InChI=1S/C15H17N3/c1-9-6-7-11(10(2)8-9)15-17-13-5-3-4-12(13)14(16)18-15/h6-8H,3-5H2,1-2H3,(H2,16,17,18). The van der Waals surface area contributed by atoms with E-state index in [2.05, 4.69) is 42.0 Å². The van der Waals surface area contributed by atoms with Crippen molar-refractivity contribution in [2.75, 3.05) is 5.73 Å². The maximum atomic E-state index is 6.04. The van der Waals surface area contributed by atoms with Gasteiger partial charge in [0.2, 0.25) is 0 Å². The van der Waals surface area contributed by atoms with Gasteiger partial charge in [-0.1, -0.05) is 23.8 Å². The molecule has 0 atom stereocenters. The van der Waals surface area contributed by atoms with Crippen molar-refractivity contribution >= 4 is 5.82 Å². The Hall–Kier alpha value is -1.90. The Bertz CT molecular complexity index is 617. The summed E-state index contributed by atoms with van der Waals surface area (Å²) >= 11 is 0. The normalized spacial score (nSPS) is 13.7. The Morgan fingerprint density at radius 3 is 2.72 bits per heavy atom. The summed E-state index contributed by atoms with van der Waals surface area (Å²) in [7, 11) is 0. The Balaban J connectivity index is 2.15. The lowest BCUT2D eigenvalue weighted by Crippen LogP contribution is -2.03. The lowest BCUT2D eigenvalue weighted by Gasteiger charge is -2.09. The molecule has 3 nitrogen and oxygen atoms in total. The van der Waals surface area contributed by atoms with Crippen LogP contribution in [-0.4, -0.2) is 9.97 Å². The molecule has 0 amide bonds. The average Bonchev–Trinajstić information content (AvgIpc) is 2.77. The monoisotopic (exact) mass is 239 g/mol. The fourth-order valence-electron chi connectivity index (χ4n) is 2.65. The SMILES string of the molecule is Cc1ccc(-c2nc(N)c3c(n2)CCC3)c(C)c1. The van der Waals surface area contributed by atoms with Crippen molar-refractivity contribution in [1.29, 1.82) is 0 Å². The van der Waals surface area contributed by atoms with Crippen LogP contribution in [0.25, 0.3) is 11.4 Å². The number of hydrogen-bond acceptors (Lipinski definition) is 3. The fraction of sp³-hybridized carbons (Fsp3) is 0.333. The van der Waals surface area contributed by atoms with Gasteiger partial charge < -0.3 is 5.73 Å². The first-order valence-corrected chi connectivity index (χ1v) is 6.38. The highest BCUT2D eigenvalue weighted by atomic mass is 15.0. The zero-order valence-corrected chi connectivity index (χ0v) is 10.8. The quantitative estimate of drug-likeness (QED) is 0.832. The van der Waals surface area contributed by atoms with Crippen molar-refractivity contribution in [1.82, 2.24) is 9.97 Å². The van der Waals surface area contributed by atoms with Gasteiger partial charge in [-0.25, -0.2) is 9.97 Å². The van der Waals surface area contributed by atoms with Crippen LogP contribution in [0, 0.1) is 13.8 Å². The minimum absolute atomic E-state index is 0.660. The van der Waals surface area contributed by atoms with Crippen LogP contribution in [0.4, 0.5) is 5.82 Å². The number of nitrogens with two attached hydrogens (primary N) is 1. The predicted octanol–water partition coefficient (Wildman–Crippen LogP) is 2.83. The summed E-state index contributed by atoms with van der Waals surface area (Å²) in [6, 6.07) is 6.33. The molecule has 0 spiro atoms. The molecule has 3 heteroatoms. The molecule has 18 heavy (non-hydrogen) atoms. The van der Waals surface area contributed by atoms with E-state index in [4.69, 9.17) is 5.73 Å². The number of benzene rings is 1. The second kappa shape index (κ2) is 4.09. The highest BCUT2D eigenvalue weighted by Crippen LogP contribution is 2.28. The predicted molar refractivity (Wildman–Crippen MR) is 73.4 cm³/mol. The summed E-state index contributed by atoms with van der Waals surface area (Å²) in [4.78, 5) is 9.16. The van der Waals surface area contributed by atoms with Gasteiger partial charge in [0, 0.05) is 16.8 Å². The first-order chi connectivity index (χ1) is 8.65. The number of hydrogen-bond donors (Lipinski definition) is 1. The molecule has 2 N–H and O–H groups in total. The molecular weight excluding hydrogens is 222 g/mol. The van der Waals surface area contributed by atoms with E-state index in [0.717, 1.165) is 41.9 Å². The number of aromatic nitrogens is 2. The highest BCUT2D eigenvalue weighted by molar-refractivity contribution is 5.63. The van der Waals surface area contributed by atoms with Crippen LogP contribution in [0.5, 0.6) is 0 Å². The van der Waals surface area contributed by atoms with Gasteiger partial charge in [0.15, 0.2) is 5.82 Å². The Labute approximate surface area is 107 Å². The van der Waals surface area contributed by atoms with Crippen LogP contribution in [0.1, 0.15) is 28.8 Å². The third-order valence-electron chi connectivity index (χ3n) is 3.59. The van der Waals surface area contributed by atoms with Crippen LogP contribution < -0.4 is 5.73 Å². The average molecular weight is 239 g/mol. The van der Waals surface area contributed by atoms with E-state index in [1.165, 1.54) is 11.1 Å². The molecule has 0 aliphatic heterocycles. The summed E-state index contributed by atoms with van der Waals surface area (Å²) in [5, 5.41) is 0. The number of rotatable bonds is 1. The van der Waals surface area contributed by atoms with Crippen molar-refractivity contribution in [3.05, 3.63) is 40.6 Å². The van der Waals surface area contributed by atoms with Crippen LogP contribution in [0.3, 0.4) is 0 Å². The summed E-state index contributed by atoms with van der Waals surface area (Å²) < 4.78 is 0. The maximum absolute atomic E-state index is 6.04. The van der Waals surface area contributed by atoms with Gasteiger partial charge in [0.1, 0.15) is 5.82 Å². The molecule has 0 radical (unpaired) electrons. The third kappa shape index (κ3) is 1.76. The van der Waals surface area contributed by atoms with Crippen LogP contribution in [-0.2, 0) is 12.8 Å². The second-order valence-corrected chi connectivity index (χ2v) is 5.03. The van der Waals surface area contributed by atoms with Gasteiger partial charge in [0.25, 0.3) is 0 Å². The highest BCUT2D eigenvalue weighted by Gasteiger charge is 2.18. The molecule has 92 valence electrons. The van der Waals surface area contributed by atoms with Crippen molar-refractivity contribution < 1.29 is 0 Å². The third-order valence-corrected chi connectivity index (χ3v) is 3.59. The molecular formula is C15H17N3. The summed E-state index contributed by atoms with van der Waals surface area (Å²) in [5.74, 6) is 1.43. The number of fused-ring (bicyclic) bond motifs is 1. The molecule has 0 saturated heterocycles. The lowest BCUT2D eigenvalue weighted by molar-refractivity contribution is 0.900. The van der Waals surface area contributed by atoms with Gasteiger partial charge in [-0.05, 0) is 38.7 Å². The number of aryl methyl sites for hydroxylation is 3. The van der Waals surface area contributed by atoms with E-state index < -0.39 is 0 Å². The number of nitrogen functional groups attached to an aromatic ring is 1. The molecule has 1 aromatic carbocycles. The van der Waals surface area contributed by atoms with E-state index in [9.17, 15) is 0 Å². The van der Waals surface area contributed by atoms with Crippen molar-refractivity contribution in [3.8, 4) is 11.4 Å². The molecule has 1 aromatic heterocycles. The Morgan fingerprint density at radius 1 is 1.11 bits per heavy atom. The van der Waals surface area contributed by atoms with E-state index in [0.29, 0.717) is 5.82 Å². The zero-order valence-electron chi connectivity index (χ0n) is 10.8. The van der Waals surface area contributed by atoms with Crippen molar-refractivity contribution in [3.63, 3.8) is 0 Å². The van der Waals surface area contributed by atoms with Crippen LogP contribution >= 0.6 is 0 Å². The smallest absolute Gasteiger partial charge is 0.162 e. The van der Waals surface area contributed by atoms with E-state index in [1.54, 1.807) is 0 Å². The van der Waals surface area contributed by atoms with Crippen LogP contribution in [0.15, 0.2) is 18.2 Å². The minimum atomic E-state index is 0.660. The molecule has 0 saturated carbocycles. The molecule has 0 fully saturated rings. The molecule has 1 aliphatic rings. The van der Waals surface area contributed by atoms with Crippen molar-refractivity contribution in [2.24, 2.45) is 0 Å². The van der Waals surface area contributed by atoms with E-state index in [1.807, 2.05) is 0 Å². The lowest BCUT2D eigenvalue weighted by atomic mass is 10.0. The fourth-order valence-corrected chi connectivity index (χ4v) is 2.65. The first-order valence-electron chi connectivity index (χ1n) is 6.38. The van der Waals surface area contributed by atoms with E-state index >= 15 is 0 Å².